The minimum Gasteiger partial charge on any atom is -0.480 e. The molecule has 0 saturated heterocycles. The number of alkyl halides is 2. The lowest BCUT2D eigenvalue weighted by Gasteiger charge is -2.13. The second-order valence-corrected chi connectivity index (χ2v) is 2.51. The third-order valence-corrected chi connectivity index (χ3v) is 1.09. The third-order valence-electron chi connectivity index (χ3n) is 1.09. The van der Waals surface area contributed by atoms with Gasteiger partial charge >= 0.3 is 5.97 Å². The van der Waals surface area contributed by atoms with Gasteiger partial charge in [0.15, 0.2) is 0 Å². The summed E-state index contributed by atoms with van der Waals surface area (Å²) in [6.07, 6.45) is 0. The standard InChI is InChI=1S/C6H11F2NO2/c1-4(5(10)11)9-3-6(2,7)8/h4,9H,3H2,1-2H3,(H,10,11). The van der Waals surface area contributed by atoms with Gasteiger partial charge < -0.3 is 5.11 Å². The van der Waals surface area contributed by atoms with Crippen molar-refractivity contribution in [3.63, 3.8) is 0 Å². The largest absolute Gasteiger partial charge is 0.480 e. The first kappa shape index (κ1) is 10.3. The molecule has 5 heteroatoms. The Morgan fingerprint density at radius 3 is 2.45 bits per heavy atom. The molecule has 11 heavy (non-hydrogen) atoms. The smallest absolute Gasteiger partial charge is 0.320 e. The zero-order chi connectivity index (χ0) is 9.07. The molecular weight excluding hydrogens is 156 g/mol. The van der Waals surface area contributed by atoms with Crippen LogP contribution in [0.15, 0.2) is 0 Å². The lowest BCUT2D eigenvalue weighted by atomic mass is 10.3. The van der Waals surface area contributed by atoms with E-state index in [0.29, 0.717) is 0 Å². The molecule has 0 amide bonds. The molecule has 0 bridgehead atoms. The van der Waals surface area contributed by atoms with Crippen molar-refractivity contribution in [2.24, 2.45) is 0 Å². The van der Waals surface area contributed by atoms with E-state index in [1.165, 1.54) is 6.92 Å². The second kappa shape index (κ2) is 3.61. The minimum absolute atomic E-state index is 0.611. The van der Waals surface area contributed by atoms with Gasteiger partial charge in [-0.1, -0.05) is 0 Å². The number of aliphatic carboxylic acids is 1. The Labute approximate surface area is 63.4 Å². The molecule has 0 heterocycles. The average molecular weight is 167 g/mol. The van der Waals surface area contributed by atoms with Crippen molar-refractivity contribution in [2.45, 2.75) is 25.8 Å². The van der Waals surface area contributed by atoms with Crippen LogP contribution < -0.4 is 5.32 Å². The van der Waals surface area contributed by atoms with E-state index < -0.39 is 24.5 Å². The highest BCUT2D eigenvalue weighted by atomic mass is 19.3. The second-order valence-electron chi connectivity index (χ2n) is 2.51. The molecule has 0 aromatic rings. The maximum Gasteiger partial charge on any atom is 0.320 e. The Bertz CT molecular complexity index is 144. The third kappa shape index (κ3) is 5.72. The number of hydrogen-bond donors (Lipinski definition) is 2. The van der Waals surface area contributed by atoms with Crippen LogP contribution in [0.2, 0.25) is 0 Å². The Balaban J connectivity index is 3.63. The summed E-state index contributed by atoms with van der Waals surface area (Å²) in [5, 5.41) is 10.4. The lowest BCUT2D eigenvalue weighted by molar-refractivity contribution is -0.139. The molecule has 66 valence electrons. The van der Waals surface area contributed by atoms with Crippen LogP contribution in [-0.4, -0.2) is 29.6 Å². The fourth-order valence-corrected chi connectivity index (χ4v) is 0.420. The van der Waals surface area contributed by atoms with E-state index >= 15 is 0 Å². The molecule has 0 aliphatic carbocycles. The number of hydrogen-bond acceptors (Lipinski definition) is 2. The quantitative estimate of drug-likeness (QED) is 0.648. The van der Waals surface area contributed by atoms with Crippen LogP contribution in [0.4, 0.5) is 8.78 Å². The summed E-state index contributed by atoms with van der Waals surface area (Å²) in [6, 6.07) is -0.930. The van der Waals surface area contributed by atoms with E-state index in [1.54, 1.807) is 0 Å². The number of carboxylic acids is 1. The van der Waals surface area contributed by atoms with Crippen molar-refractivity contribution in [1.29, 1.82) is 0 Å². The molecule has 0 fully saturated rings. The van der Waals surface area contributed by atoms with Crippen molar-refractivity contribution in [1.82, 2.24) is 5.32 Å². The van der Waals surface area contributed by atoms with E-state index in [0.717, 1.165) is 6.92 Å². The highest BCUT2D eigenvalue weighted by molar-refractivity contribution is 5.72. The molecular formula is C6H11F2NO2. The van der Waals surface area contributed by atoms with Gasteiger partial charge in [-0.3, -0.25) is 10.1 Å². The van der Waals surface area contributed by atoms with E-state index in [9.17, 15) is 13.6 Å². The van der Waals surface area contributed by atoms with E-state index in [2.05, 4.69) is 5.32 Å². The first-order valence-electron chi connectivity index (χ1n) is 3.17. The highest BCUT2D eigenvalue weighted by Gasteiger charge is 2.22. The molecule has 0 rings (SSSR count). The fraction of sp³-hybridized carbons (Fsp3) is 0.833. The van der Waals surface area contributed by atoms with Crippen LogP contribution in [0.1, 0.15) is 13.8 Å². The first-order valence-corrected chi connectivity index (χ1v) is 3.17. The van der Waals surface area contributed by atoms with Gasteiger partial charge in [0.2, 0.25) is 0 Å². The van der Waals surface area contributed by atoms with Crippen LogP contribution in [0.25, 0.3) is 0 Å². The Hall–Kier alpha value is -0.710. The number of halogens is 2. The van der Waals surface area contributed by atoms with Crippen molar-refractivity contribution in [3.8, 4) is 0 Å². The maximum atomic E-state index is 12.1. The van der Waals surface area contributed by atoms with Gasteiger partial charge in [-0.05, 0) is 6.92 Å². The van der Waals surface area contributed by atoms with Crippen molar-refractivity contribution < 1.29 is 18.7 Å². The van der Waals surface area contributed by atoms with Crippen molar-refractivity contribution in [2.75, 3.05) is 6.54 Å². The summed E-state index contributed by atoms with van der Waals surface area (Å²) in [6.45, 7) is 1.43. The summed E-state index contributed by atoms with van der Waals surface area (Å²) in [5.74, 6) is -3.99. The number of carboxylic acid groups (broad SMARTS) is 1. The zero-order valence-corrected chi connectivity index (χ0v) is 6.40. The fourth-order valence-electron chi connectivity index (χ4n) is 0.420. The first-order chi connectivity index (χ1) is 4.83. The monoisotopic (exact) mass is 167 g/mol. The van der Waals surface area contributed by atoms with Crippen LogP contribution >= 0.6 is 0 Å². The molecule has 0 aliphatic heterocycles. The summed E-state index contributed by atoms with van der Waals surface area (Å²) >= 11 is 0. The predicted octanol–water partition coefficient (Wildman–Crippen LogP) is 0.704. The molecule has 0 aliphatic rings. The molecule has 0 saturated carbocycles. The molecule has 0 aromatic heterocycles. The normalized spacial score (nSPS) is 14.5. The van der Waals surface area contributed by atoms with Gasteiger partial charge in [-0.25, -0.2) is 8.78 Å². The SMILES string of the molecule is CC(NCC(C)(F)F)C(=O)O. The van der Waals surface area contributed by atoms with Crippen molar-refractivity contribution >= 4 is 5.97 Å². The summed E-state index contributed by atoms with van der Waals surface area (Å²) in [4.78, 5) is 10.1. The van der Waals surface area contributed by atoms with E-state index in [-0.39, 0.29) is 0 Å². The molecule has 0 radical (unpaired) electrons. The molecule has 1 atom stereocenters. The summed E-state index contributed by atoms with van der Waals surface area (Å²) in [7, 11) is 0. The Morgan fingerprint density at radius 1 is 1.73 bits per heavy atom. The van der Waals surface area contributed by atoms with Gasteiger partial charge in [0.1, 0.15) is 6.04 Å². The topological polar surface area (TPSA) is 49.3 Å². The van der Waals surface area contributed by atoms with Gasteiger partial charge in [-0.15, -0.1) is 0 Å². The predicted molar refractivity (Wildman–Crippen MR) is 35.7 cm³/mol. The molecule has 0 spiro atoms. The van der Waals surface area contributed by atoms with Gasteiger partial charge in [0.05, 0.1) is 6.54 Å². The van der Waals surface area contributed by atoms with Crippen LogP contribution in [0, 0.1) is 0 Å². The van der Waals surface area contributed by atoms with Crippen LogP contribution in [0.5, 0.6) is 0 Å². The van der Waals surface area contributed by atoms with Crippen LogP contribution in [0.3, 0.4) is 0 Å². The van der Waals surface area contributed by atoms with Gasteiger partial charge in [0, 0.05) is 6.92 Å². The number of carbonyl (C=O) groups is 1. The molecule has 2 N–H and O–H groups in total. The van der Waals surface area contributed by atoms with E-state index in [4.69, 9.17) is 5.11 Å². The zero-order valence-electron chi connectivity index (χ0n) is 6.40. The molecule has 0 aromatic carbocycles. The van der Waals surface area contributed by atoms with Crippen molar-refractivity contribution in [3.05, 3.63) is 0 Å². The van der Waals surface area contributed by atoms with Crippen LogP contribution in [-0.2, 0) is 4.79 Å². The molecule has 3 nitrogen and oxygen atoms in total. The average Bonchev–Trinajstić information content (AvgIpc) is 1.80. The Kier molecular flexibility index (Phi) is 3.38. The summed E-state index contributed by atoms with van der Waals surface area (Å²) in [5.41, 5.74) is 0. The van der Waals surface area contributed by atoms with Gasteiger partial charge in [-0.2, -0.15) is 0 Å². The van der Waals surface area contributed by atoms with E-state index in [1.807, 2.05) is 0 Å². The minimum atomic E-state index is -2.86. The Morgan fingerprint density at radius 2 is 2.18 bits per heavy atom. The summed E-state index contributed by atoms with van der Waals surface area (Å²) < 4.78 is 24.2. The number of nitrogens with one attached hydrogen (secondary N) is 1. The molecule has 1 unspecified atom stereocenters. The lowest BCUT2D eigenvalue weighted by Crippen LogP contribution is -2.40. The number of rotatable bonds is 4. The maximum absolute atomic E-state index is 12.1. The van der Waals surface area contributed by atoms with Gasteiger partial charge in [0.25, 0.3) is 5.92 Å². The highest BCUT2D eigenvalue weighted by Crippen LogP contribution is 2.08.